The van der Waals surface area contributed by atoms with Crippen molar-refractivity contribution in [2.24, 2.45) is 5.92 Å². The van der Waals surface area contributed by atoms with E-state index in [-0.39, 0.29) is 17.8 Å². The summed E-state index contributed by atoms with van der Waals surface area (Å²) in [6.07, 6.45) is -4.52. The van der Waals surface area contributed by atoms with Gasteiger partial charge in [0.05, 0.1) is 6.61 Å². The Balaban J connectivity index is 2.15. The highest BCUT2D eigenvalue weighted by atomic mass is 19.4. The Morgan fingerprint density at radius 3 is 2.50 bits per heavy atom. The molecule has 0 aromatic rings. The third kappa shape index (κ3) is 3.62. The SMILES string of the molecule is CN1C(=O)C(C(=O)NCC(=O)O)=C(O)C2=CC([C@H]3CCOC3)=C(C(F)(F)F)N(C)C21. The minimum Gasteiger partial charge on any atom is -0.506 e. The molecule has 1 unspecified atom stereocenters. The number of hydrogen-bond donors (Lipinski definition) is 3. The summed E-state index contributed by atoms with van der Waals surface area (Å²) in [7, 11) is 2.36. The lowest BCUT2D eigenvalue weighted by Crippen LogP contribution is -2.56. The number of halogens is 3. The first-order chi connectivity index (χ1) is 13.9. The molecule has 3 N–H and O–H groups in total. The standard InChI is InChI=1S/C18H20F3N3O6/c1-23-14(18(19,20)21)9(8-3-4-30-7-8)5-10-13(27)12(15(28)22-6-11(25)26)17(29)24(2)16(10)23/h5,8,16,27H,3-4,6-7H2,1-2H3,(H,22,28)(H,25,26)/t8-,16?/m0/s1. The van der Waals surface area contributed by atoms with Gasteiger partial charge in [0, 0.05) is 32.2 Å². The molecule has 0 bridgehead atoms. The van der Waals surface area contributed by atoms with Crippen LogP contribution in [0.4, 0.5) is 13.2 Å². The van der Waals surface area contributed by atoms with Crippen LogP contribution in [0, 0.1) is 5.92 Å². The molecule has 2 atom stereocenters. The number of carbonyl (C=O) groups excluding carboxylic acids is 2. The first kappa shape index (κ1) is 21.7. The summed E-state index contributed by atoms with van der Waals surface area (Å²) < 4.78 is 46.9. The van der Waals surface area contributed by atoms with Crippen LogP contribution in [0.15, 0.2) is 34.3 Å². The topological polar surface area (TPSA) is 119 Å². The van der Waals surface area contributed by atoms with E-state index in [2.05, 4.69) is 0 Å². The second-order valence-electron chi connectivity index (χ2n) is 7.16. The van der Waals surface area contributed by atoms with Crippen LogP contribution in [-0.4, -0.2) is 84.0 Å². The molecule has 2 amide bonds. The Morgan fingerprint density at radius 1 is 1.30 bits per heavy atom. The quantitative estimate of drug-likeness (QED) is 0.556. The van der Waals surface area contributed by atoms with Crippen LogP contribution in [-0.2, 0) is 19.1 Å². The summed E-state index contributed by atoms with van der Waals surface area (Å²) >= 11 is 0. The zero-order valence-electron chi connectivity index (χ0n) is 16.1. The van der Waals surface area contributed by atoms with Crippen LogP contribution in [0.5, 0.6) is 0 Å². The number of alkyl halides is 3. The van der Waals surface area contributed by atoms with Gasteiger partial charge >= 0.3 is 12.1 Å². The summed E-state index contributed by atoms with van der Waals surface area (Å²) in [4.78, 5) is 37.4. The fourth-order valence-electron chi connectivity index (χ4n) is 3.94. The summed E-state index contributed by atoms with van der Waals surface area (Å²) in [6.45, 7) is -0.432. The minimum atomic E-state index is -4.73. The maximum atomic E-state index is 13.9. The lowest BCUT2D eigenvalue weighted by atomic mass is 9.86. The summed E-state index contributed by atoms with van der Waals surface area (Å²) in [5.74, 6) is -4.88. The number of carboxylic acids is 1. The Bertz CT molecular complexity index is 886. The van der Waals surface area contributed by atoms with Crippen molar-refractivity contribution in [1.82, 2.24) is 15.1 Å². The number of aliphatic hydroxyl groups excluding tert-OH is 1. The number of nitrogens with one attached hydrogen (secondary N) is 1. The molecular weight excluding hydrogens is 411 g/mol. The van der Waals surface area contributed by atoms with Gasteiger partial charge in [-0.25, -0.2) is 0 Å². The van der Waals surface area contributed by atoms with Crippen molar-refractivity contribution in [2.75, 3.05) is 33.9 Å². The van der Waals surface area contributed by atoms with Crippen molar-refractivity contribution < 1.29 is 42.5 Å². The number of allylic oxidation sites excluding steroid dienone is 2. The Kier molecular flexibility index (Phi) is 5.54. The molecule has 12 heteroatoms. The first-order valence-corrected chi connectivity index (χ1v) is 8.99. The minimum absolute atomic E-state index is 0.0602. The molecule has 3 heterocycles. The number of aliphatic carboxylic acids is 1. The van der Waals surface area contributed by atoms with Gasteiger partial charge in [-0.2, -0.15) is 13.2 Å². The molecule has 9 nitrogen and oxygen atoms in total. The fourth-order valence-corrected chi connectivity index (χ4v) is 3.94. The number of hydrogen-bond acceptors (Lipinski definition) is 6. The van der Waals surface area contributed by atoms with E-state index in [1.165, 1.54) is 7.05 Å². The van der Waals surface area contributed by atoms with Gasteiger partial charge in [-0.1, -0.05) is 0 Å². The van der Waals surface area contributed by atoms with Gasteiger partial charge < -0.3 is 30.1 Å². The molecule has 1 saturated heterocycles. The Morgan fingerprint density at radius 2 is 1.97 bits per heavy atom. The summed E-state index contributed by atoms with van der Waals surface area (Å²) in [5, 5.41) is 21.3. The van der Waals surface area contributed by atoms with Gasteiger partial charge in [-0.3, -0.25) is 14.4 Å². The molecule has 0 aromatic heterocycles. The number of ether oxygens (including phenoxy) is 1. The van der Waals surface area contributed by atoms with Crippen molar-refractivity contribution in [3.63, 3.8) is 0 Å². The predicted octanol–water partition coefficient (Wildman–Crippen LogP) is 0.522. The second kappa shape index (κ2) is 7.67. The molecule has 3 aliphatic rings. The van der Waals surface area contributed by atoms with Crippen molar-refractivity contribution in [3.05, 3.63) is 34.3 Å². The van der Waals surface area contributed by atoms with E-state index in [1.54, 1.807) is 0 Å². The monoisotopic (exact) mass is 431 g/mol. The third-order valence-electron chi connectivity index (χ3n) is 5.26. The van der Waals surface area contributed by atoms with E-state index >= 15 is 0 Å². The van der Waals surface area contributed by atoms with Gasteiger partial charge in [0.25, 0.3) is 11.8 Å². The second-order valence-corrected chi connectivity index (χ2v) is 7.16. The van der Waals surface area contributed by atoms with Gasteiger partial charge in [-0.05, 0) is 18.1 Å². The highest BCUT2D eigenvalue weighted by molar-refractivity contribution is 6.20. The summed E-state index contributed by atoms with van der Waals surface area (Å²) in [6, 6.07) is 0. The predicted molar refractivity (Wildman–Crippen MR) is 94.7 cm³/mol. The number of aliphatic hydroxyl groups is 1. The highest BCUT2D eigenvalue weighted by Crippen LogP contribution is 2.44. The van der Waals surface area contributed by atoms with E-state index in [9.17, 15) is 32.7 Å². The van der Waals surface area contributed by atoms with Gasteiger partial charge in [-0.15, -0.1) is 0 Å². The number of nitrogens with zero attached hydrogens (tertiary/aromatic N) is 2. The molecule has 0 spiro atoms. The zero-order chi connectivity index (χ0) is 22.4. The number of carboxylic acid groups (broad SMARTS) is 1. The number of rotatable bonds is 4. The van der Waals surface area contributed by atoms with Crippen LogP contribution in [0.2, 0.25) is 0 Å². The number of carbonyl (C=O) groups is 3. The van der Waals surface area contributed by atoms with Crippen LogP contribution < -0.4 is 5.32 Å². The van der Waals surface area contributed by atoms with Crippen molar-refractivity contribution in [2.45, 2.75) is 18.8 Å². The molecular formula is C18H20F3N3O6. The lowest BCUT2D eigenvalue weighted by Gasteiger charge is -2.45. The van der Waals surface area contributed by atoms with Crippen molar-refractivity contribution in [3.8, 4) is 0 Å². The van der Waals surface area contributed by atoms with Crippen LogP contribution in [0.3, 0.4) is 0 Å². The van der Waals surface area contributed by atoms with Crippen LogP contribution in [0.25, 0.3) is 0 Å². The molecule has 0 saturated carbocycles. The average Bonchev–Trinajstić information content (AvgIpc) is 3.17. The molecule has 0 aromatic carbocycles. The van der Waals surface area contributed by atoms with Crippen LogP contribution in [0.1, 0.15) is 6.42 Å². The van der Waals surface area contributed by atoms with E-state index in [4.69, 9.17) is 9.84 Å². The highest BCUT2D eigenvalue weighted by Gasteiger charge is 2.50. The number of likely N-dealkylation sites (N-methyl/N-ethyl adjacent to an activating group) is 2. The maximum Gasteiger partial charge on any atom is 0.431 e. The normalized spacial score (nSPS) is 24.8. The summed E-state index contributed by atoms with van der Waals surface area (Å²) in [5.41, 5.74) is -1.84. The van der Waals surface area contributed by atoms with Gasteiger partial charge in [0.1, 0.15) is 29.7 Å². The zero-order valence-corrected chi connectivity index (χ0v) is 16.1. The van der Waals surface area contributed by atoms with E-state index in [1.807, 2.05) is 5.32 Å². The molecule has 30 heavy (non-hydrogen) atoms. The number of amides is 2. The van der Waals surface area contributed by atoms with E-state index in [0.29, 0.717) is 13.0 Å². The fraction of sp³-hybridized carbons (Fsp3) is 0.500. The molecule has 3 aliphatic heterocycles. The van der Waals surface area contributed by atoms with Gasteiger partial charge in [0.15, 0.2) is 0 Å². The number of fused-ring (bicyclic) bond motifs is 1. The molecule has 1 fully saturated rings. The van der Waals surface area contributed by atoms with Crippen molar-refractivity contribution >= 4 is 17.8 Å². The molecule has 0 radical (unpaired) electrons. The molecule has 164 valence electrons. The van der Waals surface area contributed by atoms with E-state index in [0.717, 1.165) is 22.9 Å². The molecule has 3 rings (SSSR count). The van der Waals surface area contributed by atoms with E-state index < -0.39 is 59.6 Å². The third-order valence-corrected chi connectivity index (χ3v) is 5.26. The first-order valence-electron chi connectivity index (χ1n) is 8.99. The largest absolute Gasteiger partial charge is 0.506 e. The molecule has 0 aliphatic carbocycles. The smallest absolute Gasteiger partial charge is 0.431 e. The Labute approximate surface area is 169 Å². The Hall–Kier alpha value is -3.02. The average molecular weight is 431 g/mol. The lowest BCUT2D eigenvalue weighted by molar-refractivity contribution is -0.141. The van der Waals surface area contributed by atoms with Gasteiger partial charge in [0.2, 0.25) is 0 Å². The van der Waals surface area contributed by atoms with Crippen LogP contribution >= 0.6 is 0 Å². The maximum absolute atomic E-state index is 13.9. The van der Waals surface area contributed by atoms with Crippen molar-refractivity contribution in [1.29, 1.82) is 0 Å².